The van der Waals surface area contributed by atoms with Crippen molar-refractivity contribution in [2.24, 2.45) is 0 Å². The minimum atomic E-state index is -0.443. The highest BCUT2D eigenvalue weighted by atomic mass is 19.1. The van der Waals surface area contributed by atoms with Crippen molar-refractivity contribution in [1.29, 1.82) is 0 Å². The van der Waals surface area contributed by atoms with Gasteiger partial charge in [0.1, 0.15) is 17.3 Å². The number of ether oxygens (including phenoxy) is 2. The Kier molecular flexibility index (Phi) is 6.61. The molecule has 0 bridgehead atoms. The average Bonchev–Trinajstić information content (AvgIpc) is 2.95. The molecule has 6 nitrogen and oxygen atoms in total. The Morgan fingerprint density at radius 1 is 1.07 bits per heavy atom. The fourth-order valence-electron chi connectivity index (χ4n) is 3.10. The number of benzene rings is 2. The van der Waals surface area contributed by atoms with Gasteiger partial charge in [-0.1, -0.05) is 18.2 Å². The zero-order chi connectivity index (χ0) is 20.8. The van der Waals surface area contributed by atoms with E-state index in [9.17, 15) is 14.0 Å². The van der Waals surface area contributed by atoms with Crippen molar-refractivity contribution >= 4 is 23.1 Å². The van der Waals surface area contributed by atoms with Crippen LogP contribution in [0.4, 0.5) is 10.1 Å². The van der Waals surface area contributed by atoms with Crippen LogP contribution in [-0.2, 0) is 14.3 Å². The lowest BCUT2D eigenvalue weighted by atomic mass is 10.0. The van der Waals surface area contributed by atoms with E-state index in [0.29, 0.717) is 36.6 Å². The van der Waals surface area contributed by atoms with Crippen molar-refractivity contribution in [2.75, 3.05) is 32.2 Å². The first-order valence-corrected chi connectivity index (χ1v) is 9.40. The predicted octanol–water partition coefficient (Wildman–Crippen LogP) is 3.45. The molecular formula is C22H23FN2O4. The van der Waals surface area contributed by atoms with E-state index in [0.717, 1.165) is 0 Å². The zero-order valence-electron chi connectivity index (χ0n) is 16.4. The second kappa shape index (κ2) is 9.34. The van der Waals surface area contributed by atoms with Crippen molar-refractivity contribution < 1.29 is 23.5 Å². The maximum Gasteiger partial charge on any atom is 0.278 e. The number of methoxy groups -OCH3 is 1. The maximum absolute atomic E-state index is 13.6. The van der Waals surface area contributed by atoms with Gasteiger partial charge in [0.2, 0.25) is 0 Å². The second-order valence-electron chi connectivity index (χ2n) is 6.43. The fraction of sp³-hybridized carbons (Fsp3) is 0.273. The first kappa shape index (κ1) is 20.5. The van der Waals surface area contributed by atoms with E-state index in [2.05, 4.69) is 5.32 Å². The molecule has 0 radical (unpaired) electrons. The van der Waals surface area contributed by atoms with Crippen molar-refractivity contribution in [3.8, 4) is 5.75 Å². The molecule has 0 spiro atoms. The minimum absolute atomic E-state index is 0.127. The molecule has 3 rings (SSSR count). The molecule has 152 valence electrons. The molecule has 0 fully saturated rings. The van der Waals surface area contributed by atoms with Gasteiger partial charge in [0.25, 0.3) is 11.8 Å². The number of hydrogen-bond acceptors (Lipinski definition) is 5. The summed E-state index contributed by atoms with van der Waals surface area (Å²) in [6.07, 6.45) is 0.536. The van der Waals surface area contributed by atoms with Gasteiger partial charge in [0.15, 0.2) is 0 Å². The maximum atomic E-state index is 13.6. The number of carbonyl (C=O) groups is 2. The lowest BCUT2D eigenvalue weighted by molar-refractivity contribution is -0.137. The van der Waals surface area contributed by atoms with Gasteiger partial charge in [-0.25, -0.2) is 4.39 Å². The van der Waals surface area contributed by atoms with Crippen LogP contribution < -0.4 is 10.1 Å². The highest BCUT2D eigenvalue weighted by molar-refractivity contribution is 6.36. The number of halogens is 1. The molecule has 0 saturated heterocycles. The summed E-state index contributed by atoms with van der Waals surface area (Å²) in [7, 11) is 1.55. The molecule has 2 amide bonds. The van der Waals surface area contributed by atoms with Gasteiger partial charge < -0.3 is 14.8 Å². The normalized spacial score (nSPS) is 14.0. The van der Waals surface area contributed by atoms with E-state index in [1.54, 1.807) is 37.4 Å². The second-order valence-corrected chi connectivity index (χ2v) is 6.43. The van der Waals surface area contributed by atoms with Gasteiger partial charge in [-0.15, -0.1) is 0 Å². The van der Waals surface area contributed by atoms with Crippen molar-refractivity contribution in [3.63, 3.8) is 0 Å². The Labute approximate surface area is 168 Å². The summed E-state index contributed by atoms with van der Waals surface area (Å²) in [5, 5.41) is 2.94. The molecule has 1 aliphatic heterocycles. The Bertz CT molecular complexity index is 925. The first-order chi connectivity index (χ1) is 14.0. The van der Waals surface area contributed by atoms with Crippen molar-refractivity contribution in [3.05, 3.63) is 65.6 Å². The fourth-order valence-corrected chi connectivity index (χ4v) is 3.10. The topological polar surface area (TPSA) is 67.9 Å². The van der Waals surface area contributed by atoms with Crippen LogP contribution in [0.25, 0.3) is 5.57 Å². The molecule has 2 aromatic carbocycles. The van der Waals surface area contributed by atoms with Crippen LogP contribution in [0.3, 0.4) is 0 Å². The molecule has 2 aromatic rings. The molecule has 0 aromatic heterocycles. The van der Waals surface area contributed by atoms with Crippen LogP contribution in [-0.4, -0.2) is 43.6 Å². The zero-order valence-corrected chi connectivity index (χ0v) is 16.4. The molecule has 1 aliphatic rings. The van der Waals surface area contributed by atoms with Crippen LogP contribution in [0.5, 0.6) is 5.75 Å². The standard InChI is InChI=1S/C22H23FN2O4/c1-3-29-13-5-12-25-21(26)19(15-8-10-18(28-2)11-9-15)20(22(25)27)24-17-7-4-6-16(23)14-17/h4,6-11,14,24H,3,5,12-13H2,1-2H3. The van der Waals surface area contributed by atoms with E-state index < -0.39 is 17.6 Å². The monoisotopic (exact) mass is 398 g/mol. The summed E-state index contributed by atoms with van der Waals surface area (Å²) < 4.78 is 24.1. The number of rotatable bonds is 9. The van der Waals surface area contributed by atoms with Crippen LogP contribution >= 0.6 is 0 Å². The van der Waals surface area contributed by atoms with Gasteiger partial charge >= 0.3 is 0 Å². The Hall–Kier alpha value is -3.19. The molecule has 1 heterocycles. The summed E-state index contributed by atoms with van der Waals surface area (Å²) in [4.78, 5) is 27.3. The smallest absolute Gasteiger partial charge is 0.278 e. The lowest BCUT2D eigenvalue weighted by Crippen LogP contribution is -2.34. The number of nitrogens with zero attached hydrogens (tertiary/aromatic N) is 1. The SMILES string of the molecule is CCOCCCN1C(=O)C(Nc2cccc(F)c2)=C(c2ccc(OC)cc2)C1=O. The first-order valence-electron chi connectivity index (χ1n) is 9.40. The number of nitrogens with one attached hydrogen (secondary N) is 1. The third-order valence-corrected chi connectivity index (χ3v) is 4.52. The summed E-state index contributed by atoms with van der Waals surface area (Å²) in [6.45, 7) is 3.16. The third-order valence-electron chi connectivity index (χ3n) is 4.52. The van der Waals surface area contributed by atoms with Crippen LogP contribution in [0, 0.1) is 5.82 Å². The van der Waals surface area contributed by atoms with E-state index in [1.807, 2.05) is 6.92 Å². The Morgan fingerprint density at radius 3 is 2.48 bits per heavy atom. The van der Waals surface area contributed by atoms with Crippen molar-refractivity contribution in [1.82, 2.24) is 4.90 Å². The van der Waals surface area contributed by atoms with Gasteiger partial charge in [-0.2, -0.15) is 0 Å². The van der Waals surface area contributed by atoms with E-state index in [-0.39, 0.29) is 17.8 Å². The highest BCUT2D eigenvalue weighted by Gasteiger charge is 2.38. The quantitative estimate of drug-likeness (QED) is 0.518. The molecule has 0 aliphatic carbocycles. The Balaban J connectivity index is 1.94. The molecule has 0 unspecified atom stereocenters. The number of imide groups is 1. The van der Waals surface area contributed by atoms with Crippen LogP contribution in [0.1, 0.15) is 18.9 Å². The average molecular weight is 398 g/mol. The van der Waals surface area contributed by atoms with E-state index in [4.69, 9.17) is 9.47 Å². The highest BCUT2D eigenvalue weighted by Crippen LogP contribution is 2.31. The van der Waals surface area contributed by atoms with Crippen molar-refractivity contribution in [2.45, 2.75) is 13.3 Å². The summed E-state index contributed by atoms with van der Waals surface area (Å²) in [6, 6.07) is 12.6. The molecule has 29 heavy (non-hydrogen) atoms. The third kappa shape index (κ3) is 4.63. The summed E-state index contributed by atoms with van der Waals surface area (Å²) in [5.74, 6) is -0.636. The Morgan fingerprint density at radius 2 is 1.83 bits per heavy atom. The van der Waals surface area contributed by atoms with Gasteiger partial charge in [0.05, 0.1) is 12.7 Å². The molecular weight excluding hydrogens is 375 g/mol. The van der Waals surface area contributed by atoms with Gasteiger partial charge in [-0.05, 0) is 49.2 Å². The number of carbonyl (C=O) groups excluding carboxylic acids is 2. The molecule has 0 atom stereocenters. The van der Waals surface area contributed by atoms with Crippen LogP contribution in [0.15, 0.2) is 54.2 Å². The minimum Gasteiger partial charge on any atom is -0.497 e. The number of amides is 2. The summed E-state index contributed by atoms with van der Waals surface area (Å²) >= 11 is 0. The van der Waals surface area contributed by atoms with Gasteiger partial charge in [0, 0.05) is 25.4 Å². The van der Waals surface area contributed by atoms with E-state index in [1.165, 1.54) is 23.1 Å². The largest absolute Gasteiger partial charge is 0.497 e. The summed E-state index contributed by atoms with van der Waals surface area (Å²) in [5.41, 5.74) is 1.35. The lowest BCUT2D eigenvalue weighted by Gasteiger charge is -2.15. The molecule has 7 heteroatoms. The molecule has 0 saturated carbocycles. The van der Waals surface area contributed by atoms with E-state index >= 15 is 0 Å². The number of anilines is 1. The van der Waals surface area contributed by atoms with Gasteiger partial charge in [-0.3, -0.25) is 14.5 Å². The predicted molar refractivity (Wildman–Crippen MR) is 108 cm³/mol. The van der Waals surface area contributed by atoms with Crippen LogP contribution in [0.2, 0.25) is 0 Å². The molecule has 1 N–H and O–H groups in total. The number of hydrogen-bond donors (Lipinski definition) is 1.